The van der Waals surface area contributed by atoms with E-state index < -0.39 is 0 Å². The molecule has 7 nitrogen and oxygen atoms in total. The minimum Gasteiger partial charge on any atom is -0.334 e. The average Bonchev–Trinajstić information content (AvgIpc) is 3.15. The van der Waals surface area contributed by atoms with Gasteiger partial charge < -0.3 is 10.2 Å². The molecule has 0 unspecified atom stereocenters. The van der Waals surface area contributed by atoms with Crippen molar-refractivity contribution in [1.29, 1.82) is 0 Å². The SMILES string of the molecule is O=C(NCc1cccnc1)Nc1cc(N2C[C@H](c3ccccc3)CC2=O)ccn1. The van der Waals surface area contributed by atoms with Gasteiger partial charge in [-0.05, 0) is 23.3 Å². The highest BCUT2D eigenvalue weighted by Gasteiger charge is 2.31. The van der Waals surface area contributed by atoms with E-state index in [-0.39, 0.29) is 17.9 Å². The highest BCUT2D eigenvalue weighted by atomic mass is 16.2. The van der Waals surface area contributed by atoms with Crippen molar-refractivity contribution in [1.82, 2.24) is 15.3 Å². The lowest BCUT2D eigenvalue weighted by molar-refractivity contribution is -0.117. The Morgan fingerprint density at radius 1 is 1.10 bits per heavy atom. The van der Waals surface area contributed by atoms with E-state index in [9.17, 15) is 9.59 Å². The van der Waals surface area contributed by atoms with Gasteiger partial charge in [0, 0.05) is 55.8 Å². The topological polar surface area (TPSA) is 87.2 Å². The van der Waals surface area contributed by atoms with Gasteiger partial charge in [-0.1, -0.05) is 36.4 Å². The van der Waals surface area contributed by atoms with Crippen LogP contribution in [0, 0.1) is 0 Å². The molecule has 29 heavy (non-hydrogen) atoms. The lowest BCUT2D eigenvalue weighted by Gasteiger charge is -2.18. The lowest BCUT2D eigenvalue weighted by Crippen LogP contribution is -2.29. The van der Waals surface area contributed by atoms with E-state index in [1.165, 1.54) is 0 Å². The smallest absolute Gasteiger partial charge is 0.320 e. The van der Waals surface area contributed by atoms with Crippen LogP contribution < -0.4 is 15.5 Å². The number of carbonyl (C=O) groups excluding carboxylic acids is 2. The van der Waals surface area contributed by atoms with E-state index >= 15 is 0 Å². The van der Waals surface area contributed by atoms with Gasteiger partial charge in [0.15, 0.2) is 0 Å². The zero-order valence-corrected chi connectivity index (χ0v) is 15.8. The Kier molecular flexibility index (Phi) is 5.47. The van der Waals surface area contributed by atoms with E-state index in [1.54, 1.807) is 35.6 Å². The van der Waals surface area contributed by atoms with Gasteiger partial charge in [0.2, 0.25) is 5.91 Å². The van der Waals surface area contributed by atoms with Crippen LogP contribution in [-0.4, -0.2) is 28.5 Å². The summed E-state index contributed by atoms with van der Waals surface area (Å²) in [7, 11) is 0. The van der Waals surface area contributed by atoms with Crippen molar-refractivity contribution in [3.8, 4) is 0 Å². The Morgan fingerprint density at radius 3 is 2.76 bits per heavy atom. The first-order chi connectivity index (χ1) is 14.2. The highest BCUT2D eigenvalue weighted by Crippen LogP contribution is 2.32. The van der Waals surface area contributed by atoms with Crippen molar-refractivity contribution in [2.75, 3.05) is 16.8 Å². The summed E-state index contributed by atoms with van der Waals surface area (Å²) < 4.78 is 0. The molecule has 2 N–H and O–H groups in total. The van der Waals surface area contributed by atoms with E-state index in [4.69, 9.17) is 0 Å². The molecule has 1 saturated heterocycles. The molecular weight excluding hydrogens is 366 g/mol. The predicted molar refractivity (Wildman–Crippen MR) is 110 cm³/mol. The van der Waals surface area contributed by atoms with Gasteiger partial charge in [0.25, 0.3) is 0 Å². The third-order valence-electron chi connectivity index (χ3n) is 4.87. The molecule has 0 radical (unpaired) electrons. The molecule has 0 bridgehead atoms. The maximum Gasteiger partial charge on any atom is 0.320 e. The van der Waals surface area contributed by atoms with Crippen LogP contribution in [0.2, 0.25) is 0 Å². The minimum atomic E-state index is -0.367. The summed E-state index contributed by atoms with van der Waals surface area (Å²) in [6.45, 7) is 0.974. The molecule has 1 aliphatic heterocycles. The van der Waals surface area contributed by atoms with Crippen LogP contribution in [0.4, 0.5) is 16.3 Å². The number of hydrogen-bond donors (Lipinski definition) is 2. The molecule has 3 heterocycles. The molecule has 0 saturated carbocycles. The second-order valence-corrected chi connectivity index (χ2v) is 6.88. The second-order valence-electron chi connectivity index (χ2n) is 6.88. The number of carbonyl (C=O) groups is 2. The van der Waals surface area contributed by atoms with Gasteiger partial charge in [-0.3, -0.25) is 15.1 Å². The molecule has 0 aliphatic carbocycles. The van der Waals surface area contributed by atoms with Crippen LogP contribution in [0.3, 0.4) is 0 Å². The lowest BCUT2D eigenvalue weighted by atomic mass is 9.99. The molecule has 1 fully saturated rings. The van der Waals surface area contributed by atoms with Crippen LogP contribution in [0.15, 0.2) is 73.2 Å². The number of rotatable bonds is 5. The van der Waals surface area contributed by atoms with Crippen LogP contribution in [0.5, 0.6) is 0 Å². The Bertz CT molecular complexity index is 994. The van der Waals surface area contributed by atoms with Gasteiger partial charge in [-0.25, -0.2) is 9.78 Å². The number of amides is 3. The van der Waals surface area contributed by atoms with Gasteiger partial charge in [0.1, 0.15) is 5.82 Å². The van der Waals surface area contributed by atoms with Crippen molar-refractivity contribution >= 4 is 23.4 Å². The summed E-state index contributed by atoms with van der Waals surface area (Å²) in [6.07, 6.45) is 5.44. The van der Waals surface area contributed by atoms with Crippen molar-refractivity contribution in [3.63, 3.8) is 0 Å². The fraction of sp³-hybridized carbons (Fsp3) is 0.182. The van der Waals surface area contributed by atoms with Crippen LogP contribution >= 0.6 is 0 Å². The Labute approximate surface area is 168 Å². The summed E-state index contributed by atoms with van der Waals surface area (Å²) >= 11 is 0. The van der Waals surface area contributed by atoms with Gasteiger partial charge in [-0.2, -0.15) is 0 Å². The molecule has 1 aliphatic rings. The Balaban J connectivity index is 1.39. The number of aromatic nitrogens is 2. The molecule has 2 aromatic heterocycles. The standard InChI is InChI=1S/C22H21N5O2/c28-21-11-18(17-6-2-1-3-7-17)15-27(21)19-8-10-24-20(12-19)26-22(29)25-14-16-5-4-9-23-13-16/h1-10,12-13,18H,11,14-15H2,(H2,24,25,26,29)/t18-/m1/s1. The average molecular weight is 387 g/mol. The van der Waals surface area contributed by atoms with Gasteiger partial charge in [-0.15, -0.1) is 0 Å². The normalized spacial score (nSPS) is 15.9. The molecule has 1 atom stereocenters. The summed E-state index contributed by atoms with van der Waals surface area (Å²) in [6, 6.07) is 16.9. The second kappa shape index (κ2) is 8.52. The van der Waals surface area contributed by atoms with Crippen molar-refractivity contribution < 1.29 is 9.59 Å². The molecular formula is C22H21N5O2. The van der Waals surface area contributed by atoms with Crippen LogP contribution in [0.1, 0.15) is 23.5 Å². The number of urea groups is 1. The first kappa shape index (κ1) is 18.6. The van der Waals surface area contributed by atoms with Gasteiger partial charge in [0.05, 0.1) is 0 Å². The fourth-order valence-corrected chi connectivity index (χ4v) is 3.41. The first-order valence-corrected chi connectivity index (χ1v) is 9.44. The zero-order chi connectivity index (χ0) is 20.1. The van der Waals surface area contributed by atoms with E-state index in [2.05, 4.69) is 20.6 Å². The van der Waals surface area contributed by atoms with Crippen LogP contribution in [-0.2, 0) is 11.3 Å². The summed E-state index contributed by atoms with van der Waals surface area (Å²) in [5, 5.41) is 5.48. The predicted octanol–water partition coefficient (Wildman–Crippen LogP) is 3.32. The molecule has 146 valence electrons. The number of benzene rings is 1. The van der Waals surface area contributed by atoms with E-state index in [0.29, 0.717) is 25.3 Å². The van der Waals surface area contributed by atoms with Crippen molar-refractivity contribution in [2.24, 2.45) is 0 Å². The maximum absolute atomic E-state index is 12.6. The maximum atomic E-state index is 12.6. The molecule has 4 rings (SSSR count). The molecule has 0 spiro atoms. The summed E-state index contributed by atoms with van der Waals surface area (Å²) in [5.41, 5.74) is 2.79. The quantitative estimate of drug-likeness (QED) is 0.703. The number of nitrogens with one attached hydrogen (secondary N) is 2. The Morgan fingerprint density at radius 2 is 1.97 bits per heavy atom. The number of hydrogen-bond acceptors (Lipinski definition) is 4. The number of pyridine rings is 2. The van der Waals surface area contributed by atoms with E-state index in [0.717, 1.165) is 16.8 Å². The number of nitrogens with zero attached hydrogens (tertiary/aromatic N) is 3. The third-order valence-corrected chi connectivity index (χ3v) is 4.87. The van der Waals surface area contributed by atoms with E-state index in [1.807, 2.05) is 42.5 Å². The third kappa shape index (κ3) is 4.57. The minimum absolute atomic E-state index is 0.0667. The van der Waals surface area contributed by atoms with Crippen molar-refractivity contribution in [2.45, 2.75) is 18.9 Å². The van der Waals surface area contributed by atoms with Crippen LogP contribution in [0.25, 0.3) is 0 Å². The highest BCUT2D eigenvalue weighted by molar-refractivity contribution is 5.97. The molecule has 3 aromatic rings. The fourth-order valence-electron chi connectivity index (χ4n) is 3.41. The number of anilines is 2. The monoisotopic (exact) mass is 387 g/mol. The molecule has 1 aromatic carbocycles. The summed E-state index contributed by atoms with van der Waals surface area (Å²) in [4.78, 5) is 34.7. The van der Waals surface area contributed by atoms with Gasteiger partial charge >= 0.3 is 6.03 Å². The van der Waals surface area contributed by atoms with Crippen molar-refractivity contribution in [3.05, 3.63) is 84.3 Å². The first-order valence-electron chi connectivity index (χ1n) is 9.44. The molecule has 7 heteroatoms. The largest absolute Gasteiger partial charge is 0.334 e. The zero-order valence-electron chi connectivity index (χ0n) is 15.8. The molecule has 3 amide bonds. The summed E-state index contributed by atoms with van der Waals surface area (Å²) in [5.74, 6) is 0.621. The Hall–Kier alpha value is -3.74.